The summed E-state index contributed by atoms with van der Waals surface area (Å²) in [5.41, 5.74) is 8.64. The van der Waals surface area contributed by atoms with E-state index in [-0.39, 0.29) is 5.60 Å². The van der Waals surface area contributed by atoms with Gasteiger partial charge in [-0.1, -0.05) is 0 Å². The quantitative estimate of drug-likeness (QED) is 0.646. The fourth-order valence-electron chi connectivity index (χ4n) is 3.23. The van der Waals surface area contributed by atoms with Gasteiger partial charge >= 0.3 is 0 Å². The van der Waals surface area contributed by atoms with Gasteiger partial charge in [0.1, 0.15) is 17.2 Å². The Kier molecular flexibility index (Phi) is 3.86. The van der Waals surface area contributed by atoms with Gasteiger partial charge in [0.25, 0.3) is 0 Å². The summed E-state index contributed by atoms with van der Waals surface area (Å²) in [4.78, 5) is 6.74. The molecule has 0 spiro atoms. The van der Waals surface area contributed by atoms with Gasteiger partial charge < -0.3 is 15.4 Å². The van der Waals surface area contributed by atoms with Crippen LogP contribution in [0.1, 0.15) is 43.7 Å². The smallest absolute Gasteiger partial charge is 0.129 e. The molecular formula is C20H24N4O. The zero-order valence-electron chi connectivity index (χ0n) is 14.6. The van der Waals surface area contributed by atoms with Crippen LogP contribution in [0.2, 0.25) is 0 Å². The highest BCUT2D eigenvalue weighted by Crippen LogP contribution is 2.40. The van der Waals surface area contributed by atoms with Gasteiger partial charge in [0.15, 0.2) is 0 Å². The van der Waals surface area contributed by atoms with Crippen LogP contribution in [-0.2, 0) is 0 Å². The number of hydrogen-bond donors (Lipinski definition) is 2. The summed E-state index contributed by atoms with van der Waals surface area (Å²) in [6.45, 7) is 4.18. The Morgan fingerprint density at radius 3 is 2.68 bits per heavy atom. The number of nitrogens with zero attached hydrogens (tertiary/aromatic N) is 2. The number of aromatic nitrogens is 1. The van der Waals surface area contributed by atoms with Gasteiger partial charge in [0.2, 0.25) is 0 Å². The molecule has 1 aromatic heterocycles. The molecule has 1 saturated heterocycles. The maximum Gasteiger partial charge on any atom is 0.129 e. The number of nitrogen functional groups attached to an aromatic ring is 1. The van der Waals surface area contributed by atoms with Crippen molar-refractivity contribution < 1.29 is 4.74 Å². The minimum Gasteiger partial charge on any atom is -0.488 e. The third kappa shape index (κ3) is 3.31. The summed E-state index contributed by atoms with van der Waals surface area (Å²) in [5.74, 6) is 1.72. The number of hydrogen-bond acceptors (Lipinski definition) is 5. The van der Waals surface area contributed by atoms with Gasteiger partial charge in [-0.25, -0.2) is 4.98 Å². The molecule has 0 amide bonds. The second-order valence-corrected chi connectivity index (χ2v) is 7.27. The lowest BCUT2D eigenvalue weighted by molar-refractivity contribution is 0.200. The third-order valence-electron chi connectivity index (χ3n) is 5.08. The van der Waals surface area contributed by atoms with E-state index in [0.29, 0.717) is 17.0 Å². The van der Waals surface area contributed by atoms with Crippen molar-refractivity contribution in [2.45, 2.75) is 38.2 Å². The van der Waals surface area contributed by atoms with Gasteiger partial charge in [-0.2, -0.15) is 0 Å². The molecule has 0 unspecified atom stereocenters. The molecule has 130 valence electrons. The molecule has 0 atom stereocenters. The number of pyridine rings is 1. The van der Waals surface area contributed by atoms with Crippen LogP contribution in [0.5, 0.6) is 5.75 Å². The van der Waals surface area contributed by atoms with E-state index in [1.807, 2.05) is 30.3 Å². The van der Waals surface area contributed by atoms with Gasteiger partial charge in [0, 0.05) is 36.1 Å². The molecule has 3 N–H and O–H groups in total. The van der Waals surface area contributed by atoms with E-state index >= 15 is 0 Å². The minimum atomic E-state index is -0.0465. The fourth-order valence-corrected chi connectivity index (χ4v) is 3.23. The van der Waals surface area contributed by atoms with Crippen LogP contribution in [0.15, 0.2) is 36.5 Å². The molecule has 2 aliphatic rings. The predicted molar refractivity (Wildman–Crippen MR) is 101 cm³/mol. The molecule has 2 aromatic rings. The highest BCUT2D eigenvalue weighted by molar-refractivity contribution is 6.14. The normalized spacial score (nSPS) is 18.2. The van der Waals surface area contributed by atoms with Crippen molar-refractivity contribution in [1.29, 1.82) is 5.41 Å². The van der Waals surface area contributed by atoms with E-state index in [1.54, 1.807) is 6.20 Å². The highest BCUT2D eigenvalue weighted by Gasteiger charge is 2.40. The molecule has 0 bridgehead atoms. The SMILES string of the molecule is CC1(Oc2ccc(N)c(C(=N)c3ccnc(N4CCCC4)c3)c2)CC1. The first kappa shape index (κ1) is 15.9. The first-order valence-electron chi connectivity index (χ1n) is 8.93. The summed E-state index contributed by atoms with van der Waals surface area (Å²) < 4.78 is 6.03. The number of benzene rings is 1. The molecule has 4 rings (SSSR count). The second-order valence-electron chi connectivity index (χ2n) is 7.27. The zero-order valence-corrected chi connectivity index (χ0v) is 14.6. The van der Waals surface area contributed by atoms with Crippen molar-refractivity contribution in [3.05, 3.63) is 47.7 Å². The van der Waals surface area contributed by atoms with Crippen LogP contribution in [0, 0.1) is 5.41 Å². The molecule has 1 aliphatic heterocycles. The molecule has 1 aliphatic carbocycles. The van der Waals surface area contributed by atoms with E-state index < -0.39 is 0 Å². The zero-order chi connectivity index (χ0) is 17.4. The van der Waals surface area contributed by atoms with Crippen LogP contribution in [0.25, 0.3) is 0 Å². The van der Waals surface area contributed by atoms with Crippen LogP contribution in [0.4, 0.5) is 11.5 Å². The molecule has 2 heterocycles. The average molecular weight is 336 g/mol. The lowest BCUT2D eigenvalue weighted by atomic mass is 10.0. The molecular weight excluding hydrogens is 312 g/mol. The Bertz CT molecular complexity index is 807. The Labute approximate surface area is 148 Å². The molecule has 1 aromatic carbocycles. The van der Waals surface area contributed by atoms with Crippen LogP contribution < -0.4 is 15.4 Å². The summed E-state index contributed by atoms with van der Waals surface area (Å²) in [6.07, 6.45) is 6.34. The van der Waals surface area contributed by atoms with Gasteiger partial charge in [-0.15, -0.1) is 0 Å². The van der Waals surface area contributed by atoms with E-state index in [4.69, 9.17) is 15.9 Å². The predicted octanol–water partition coefficient (Wildman–Crippen LogP) is 3.61. The average Bonchev–Trinajstić information content (AvgIpc) is 3.12. The summed E-state index contributed by atoms with van der Waals surface area (Å²) in [6, 6.07) is 9.46. The summed E-state index contributed by atoms with van der Waals surface area (Å²) >= 11 is 0. The number of nitrogens with one attached hydrogen (secondary N) is 1. The number of rotatable bonds is 5. The van der Waals surface area contributed by atoms with E-state index in [2.05, 4.69) is 16.8 Å². The Morgan fingerprint density at radius 1 is 1.20 bits per heavy atom. The molecule has 1 saturated carbocycles. The number of ether oxygens (including phenoxy) is 1. The van der Waals surface area contributed by atoms with Gasteiger partial charge in [0.05, 0.1) is 5.71 Å². The summed E-state index contributed by atoms with van der Waals surface area (Å²) in [5, 5.41) is 8.64. The molecule has 5 nitrogen and oxygen atoms in total. The maximum absolute atomic E-state index is 8.64. The first-order chi connectivity index (χ1) is 12.0. The lowest BCUT2D eigenvalue weighted by Gasteiger charge is -2.18. The van der Waals surface area contributed by atoms with Crippen molar-refractivity contribution in [3.63, 3.8) is 0 Å². The van der Waals surface area contributed by atoms with Crippen molar-refractivity contribution in [2.75, 3.05) is 23.7 Å². The number of nitrogens with two attached hydrogens (primary N) is 1. The van der Waals surface area contributed by atoms with Crippen LogP contribution in [-0.4, -0.2) is 29.4 Å². The molecule has 25 heavy (non-hydrogen) atoms. The van der Waals surface area contributed by atoms with Crippen molar-refractivity contribution in [1.82, 2.24) is 4.98 Å². The topological polar surface area (TPSA) is 75.2 Å². The fraction of sp³-hybridized carbons (Fsp3) is 0.400. The second kappa shape index (κ2) is 6.06. The van der Waals surface area contributed by atoms with Crippen LogP contribution in [0.3, 0.4) is 0 Å². The monoisotopic (exact) mass is 336 g/mol. The highest BCUT2D eigenvalue weighted by atomic mass is 16.5. The first-order valence-corrected chi connectivity index (χ1v) is 8.93. The largest absolute Gasteiger partial charge is 0.488 e. The summed E-state index contributed by atoms with van der Waals surface area (Å²) in [7, 11) is 0. The standard InChI is InChI=1S/C20H24N4O/c1-20(7-8-20)25-15-4-5-17(21)16(13-15)19(22)14-6-9-23-18(12-14)24-10-2-3-11-24/h4-6,9,12-13,22H,2-3,7-8,10-11,21H2,1H3. The third-order valence-corrected chi connectivity index (χ3v) is 5.08. The van der Waals surface area contributed by atoms with Gasteiger partial charge in [-0.05, 0) is 62.9 Å². The molecule has 0 radical (unpaired) electrons. The molecule has 2 fully saturated rings. The Balaban J connectivity index is 1.61. The number of anilines is 2. The Hall–Kier alpha value is -2.56. The molecule has 5 heteroatoms. The van der Waals surface area contributed by atoms with Crippen LogP contribution >= 0.6 is 0 Å². The van der Waals surface area contributed by atoms with Crippen molar-refractivity contribution in [2.24, 2.45) is 0 Å². The minimum absolute atomic E-state index is 0.0465. The van der Waals surface area contributed by atoms with E-state index in [9.17, 15) is 0 Å². The maximum atomic E-state index is 8.64. The lowest BCUT2D eigenvalue weighted by Crippen LogP contribution is -2.19. The van der Waals surface area contributed by atoms with Crippen molar-refractivity contribution >= 4 is 17.2 Å². The Morgan fingerprint density at radius 2 is 1.96 bits per heavy atom. The van der Waals surface area contributed by atoms with Crippen molar-refractivity contribution in [3.8, 4) is 5.75 Å². The van der Waals surface area contributed by atoms with E-state index in [1.165, 1.54) is 12.8 Å². The van der Waals surface area contributed by atoms with E-state index in [0.717, 1.165) is 43.1 Å². The van der Waals surface area contributed by atoms with Gasteiger partial charge in [-0.3, -0.25) is 5.41 Å².